The van der Waals surface area contributed by atoms with Crippen LogP contribution in [0, 0.1) is 12.7 Å². The van der Waals surface area contributed by atoms with E-state index in [1.165, 1.54) is 12.5 Å². The second-order valence-corrected chi connectivity index (χ2v) is 11.0. The molecule has 1 aliphatic rings. The van der Waals surface area contributed by atoms with Crippen molar-refractivity contribution in [2.45, 2.75) is 44.9 Å². The second-order valence-electron chi connectivity index (χ2n) is 11.0. The third kappa shape index (κ3) is 4.21. The van der Waals surface area contributed by atoms with Gasteiger partial charge in [0.15, 0.2) is 6.17 Å². The van der Waals surface area contributed by atoms with Gasteiger partial charge in [0.2, 0.25) is 5.69 Å². The first kappa shape index (κ1) is 22.6. The van der Waals surface area contributed by atoms with Crippen molar-refractivity contribution in [2.24, 2.45) is 7.05 Å². The van der Waals surface area contributed by atoms with Crippen molar-refractivity contribution in [3.8, 4) is 33.5 Å². The lowest BCUT2D eigenvalue weighted by Crippen LogP contribution is -2.30. The lowest BCUT2D eigenvalue weighted by Gasteiger charge is -2.22. The number of nitrogens with zero attached hydrogens (tertiary/aromatic N) is 1. The van der Waals surface area contributed by atoms with E-state index >= 15 is 4.39 Å². The van der Waals surface area contributed by atoms with Crippen molar-refractivity contribution in [1.82, 2.24) is 0 Å². The average Bonchev–Trinajstić information content (AvgIpc) is 3.38. The Bertz CT molecular complexity index is 1970. The highest BCUT2D eigenvalue weighted by Gasteiger charge is 2.23. The van der Waals surface area contributed by atoms with Crippen LogP contribution < -0.4 is 4.57 Å². The van der Waals surface area contributed by atoms with Gasteiger partial charge >= 0.3 is 0 Å². The molecule has 0 amide bonds. The van der Waals surface area contributed by atoms with Crippen LogP contribution in [0.4, 0.5) is 4.39 Å². The first-order valence-corrected chi connectivity index (χ1v) is 14.2. The highest BCUT2D eigenvalue weighted by atomic mass is 19.1. The van der Waals surface area contributed by atoms with Gasteiger partial charge in [0.05, 0.1) is 11.1 Å². The third-order valence-electron chi connectivity index (χ3n) is 8.44. The van der Waals surface area contributed by atoms with E-state index in [1.54, 1.807) is 12.1 Å². The van der Waals surface area contributed by atoms with Gasteiger partial charge in [0, 0.05) is 24.3 Å². The van der Waals surface area contributed by atoms with E-state index in [0.29, 0.717) is 22.9 Å². The molecule has 6 aromatic rings. The molecule has 0 saturated heterocycles. The van der Waals surface area contributed by atoms with Crippen LogP contribution in [0.2, 0.25) is 0 Å². The Morgan fingerprint density at radius 1 is 0.775 bits per heavy atom. The minimum Gasteiger partial charge on any atom is -0.454 e. The molecule has 2 aromatic heterocycles. The van der Waals surface area contributed by atoms with Crippen LogP contribution in [0.1, 0.15) is 51.9 Å². The number of pyridine rings is 1. The number of fused-ring (bicyclic) bond motifs is 3. The molecule has 0 unspecified atom stereocenters. The van der Waals surface area contributed by atoms with Crippen molar-refractivity contribution in [3.63, 3.8) is 0 Å². The fraction of sp³-hybridized carbons (Fsp3) is 0.216. The lowest BCUT2D eigenvalue weighted by atomic mass is 9.83. The number of hydrogen-bond donors (Lipinski definition) is 0. The minimum absolute atomic E-state index is 0.332. The number of aryl methyl sites for hydroxylation is 1. The molecule has 0 bridgehead atoms. The number of aromatic nitrogens is 1. The maximum atomic E-state index is 15.6. The number of furan rings is 1. The standard InChI is InChI=1S/C37H33FNO/c1-24-14-19-30-31-20-21-32(38)35(37(31)40-36(30)34(24)33-13-6-7-22-39(33)2)27-17-15-26(16-18-27)29-12-8-11-28(23-29)25-9-4-3-5-10-25/h6-8,11-23,25H,3-5,9-10H2,1-2H3/q+1/i22D,25D. The Kier molecular flexibility index (Phi) is 5.67. The van der Waals surface area contributed by atoms with Gasteiger partial charge in [-0.1, -0.05) is 79.9 Å². The SMILES string of the molecule is [2H]c1cccc(-c2c(C)ccc3c2oc2c(-c4ccc(-c5cccc(C6([2H])CCCCC6)c5)cc4)c(F)ccc23)[n+]1C. The van der Waals surface area contributed by atoms with Crippen molar-refractivity contribution >= 4 is 21.9 Å². The van der Waals surface area contributed by atoms with Crippen LogP contribution in [0.15, 0.2) is 102 Å². The Labute approximate surface area is 237 Å². The molecule has 0 N–H and O–H groups in total. The molecule has 2 heterocycles. The van der Waals surface area contributed by atoms with E-state index in [4.69, 9.17) is 7.16 Å². The van der Waals surface area contributed by atoms with Gasteiger partial charge in [-0.05, 0) is 71.7 Å². The van der Waals surface area contributed by atoms with Gasteiger partial charge in [-0.25, -0.2) is 8.96 Å². The Balaban J connectivity index is 1.33. The summed E-state index contributed by atoms with van der Waals surface area (Å²) in [6, 6.07) is 29.4. The van der Waals surface area contributed by atoms with Crippen LogP contribution in [-0.4, -0.2) is 0 Å². The van der Waals surface area contributed by atoms with Gasteiger partial charge in [-0.15, -0.1) is 0 Å². The summed E-state index contributed by atoms with van der Waals surface area (Å²) < 4.78 is 41.3. The van der Waals surface area contributed by atoms with E-state index in [1.807, 2.05) is 67.1 Å². The maximum Gasteiger partial charge on any atom is 0.216 e. The maximum absolute atomic E-state index is 15.6. The average molecular weight is 529 g/mol. The first-order valence-electron chi connectivity index (χ1n) is 15.2. The normalized spacial score (nSPS) is 15.8. The summed E-state index contributed by atoms with van der Waals surface area (Å²) in [5.74, 6) is -0.841. The second kappa shape index (κ2) is 10.1. The molecule has 4 aromatic carbocycles. The summed E-state index contributed by atoms with van der Waals surface area (Å²) >= 11 is 0. The zero-order valence-corrected chi connectivity index (χ0v) is 22.9. The number of rotatable bonds is 4. The molecule has 0 spiro atoms. The molecular weight excluding hydrogens is 493 g/mol. The Hall–Kier alpha value is -4.24. The summed E-state index contributed by atoms with van der Waals surface area (Å²) in [6.45, 7) is 2.03. The van der Waals surface area contributed by atoms with Crippen LogP contribution in [0.3, 0.4) is 0 Å². The quantitative estimate of drug-likeness (QED) is 0.208. The van der Waals surface area contributed by atoms with Crippen molar-refractivity contribution in [1.29, 1.82) is 0 Å². The molecule has 0 aliphatic heterocycles. The van der Waals surface area contributed by atoms with Crippen LogP contribution >= 0.6 is 0 Å². The minimum atomic E-state index is -0.509. The zero-order chi connectivity index (χ0) is 29.0. The number of benzene rings is 4. The Morgan fingerprint density at radius 3 is 2.30 bits per heavy atom. The van der Waals surface area contributed by atoms with Gasteiger partial charge in [-0.2, -0.15) is 0 Å². The molecule has 1 aliphatic carbocycles. The van der Waals surface area contributed by atoms with E-state index in [0.717, 1.165) is 75.5 Å². The molecule has 1 fully saturated rings. The number of halogens is 1. The van der Waals surface area contributed by atoms with Gasteiger partial charge in [0.1, 0.15) is 25.4 Å². The molecule has 1 saturated carbocycles. The topological polar surface area (TPSA) is 17.0 Å². The van der Waals surface area contributed by atoms with Crippen LogP contribution in [0.25, 0.3) is 55.4 Å². The van der Waals surface area contributed by atoms with Crippen molar-refractivity contribution in [3.05, 3.63) is 114 Å². The summed E-state index contributed by atoms with van der Waals surface area (Å²) in [5, 5.41) is 1.78. The molecule has 0 radical (unpaired) electrons. The smallest absolute Gasteiger partial charge is 0.216 e. The zero-order valence-electron chi connectivity index (χ0n) is 24.9. The van der Waals surface area contributed by atoms with E-state index in [9.17, 15) is 0 Å². The van der Waals surface area contributed by atoms with Crippen LogP contribution in [0.5, 0.6) is 0 Å². The fourth-order valence-corrected chi connectivity index (χ4v) is 6.31. The third-order valence-corrected chi connectivity index (χ3v) is 8.44. The van der Waals surface area contributed by atoms with Crippen molar-refractivity contribution in [2.75, 3.05) is 0 Å². The summed E-state index contributed by atoms with van der Waals surface area (Å²) in [4.78, 5) is 0. The Morgan fingerprint density at radius 2 is 1.50 bits per heavy atom. The molecule has 0 atom stereocenters. The predicted molar refractivity (Wildman–Crippen MR) is 162 cm³/mol. The van der Waals surface area contributed by atoms with Gasteiger partial charge in [-0.3, -0.25) is 0 Å². The van der Waals surface area contributed by atoms with Crippen LogP contribution in [-0.2, 0) is 7.05 Å². The van der Waals surface area contributed by atoms with Gasteiger partial charge in [0.25, 0.3) is 0 Å². The highest BCUT2D eigenvalue weighted by Crippen LogP contribution is 2.42. The molecule has 2 nitrogen and oxygen atoms in total. The molecule has 198 valence electrons. The molecule has 3 heteroatoms. The summed E-state index contributed by atoms with van der Waals surface area (Å²) in [7, 11) is 1.87. The molecule has 40 heavy (non-hydrogen) atoms. The predicted octanol–water partition coefficient (Wildman–Crippen LogP) is 9.91. The van der Waals surface area contributed by atoms with E-state index in [-0.39, 0.29) is 5.82 Å². The number of hydrogen-bond acceptors (Lipinski definition) is 1. The summed E-state index contributed by atoms with van der Waals surface area (Å²) in [6.07, 6.45) is 5.64. The fourth-order valence-electron chi connectivity index (χ4n) is 6.31. The van der Waals surface area contributed by atoms with E-state index in [2.05, 4.69) is 24.3 Å². The monoisotopic (exact) mass is 528 g/mol. The van der Waals surface area contributed by atoms with Crippen molar-refractivity contribution < 1.29 is 16.1 Å². The van der Waals surface area contributed by atoms with E-state index < -0.39 is 5.89 Å². The lowest BCUT2D eigenvalue weighted by molar-refractivity contribution is -0.660. The molecular formula is C37H33FNO+. The van der Waals surface area contributed by atoms with Gasteiger partial charge < -0.3 is 4.42 Å². The first-order chi connectivity index (χ1) is 20.3. The largest absolute Gasteiger partial charge is 0.454 e. The molecule has 7 rings (SSSR count). The highest BCUT2D eigenvalue weighted by molar-refractivity contribution is 6.13. The summed E-state index contributed by atoms with van der Waals surface area (Å²) in [5.41, 5.74) is 8.41.